The molecule has 1 aromatic carbocycles. The van der Waals surface area contributed by atoms with Crippen LogP contribution >= 0.6 is 0 Å². The van der Waals surface area contributed by atoms with Crippen molar-refractivity contribution in [3.8, 4) is 0 Å². The lowest BCUT2D eigenvalue weighted by Crippen LogP contribution is -2.43. The average Bonchev–Trinajstić information content (AvgIpc) is 2.83. The van der Waals surface area contributed by atoms with Crippen molar-refractivity contribution in [2.45, 2.75) is 12.0 Å². The van der Waals surface area contributed by atoms with Gasteiger partial charge in [0.1, 0.15) is 5.60 Å². The van der Waals surface area contributed by atoms with Gasteiger partial charge in [-0.15, -0.1) is 0 Å². The van der Waals surface area contributed by atoms with Gasteiger partial charge in [-0.3, -0.25) is 4.79 Å². The zero-order chi connectivity index (χ0) is 14.8. The van der Waals surface area contributed by atoms with Gasteiger partial charge in [-0.25, -0.2) is 0 Å². The summed E-state index contributed by atoms with van der Waals surface area (Å²) in [5.41, 5.74) is 6.59. The molecule has 1 atom stereocenters. The van der Waals surface area contributed by atoms with Gasteiger partial charge >= 0.3 is 0 Å². The summed E-state index contributed by atoms with van der Waals surface area (Å²) in [7, 11) is 3.72. The molecule has 0 radical (unpaired) electrons. The monoisotopic (exact) mass is 279 g/mol. The van der Waals surface area contributed by atoms with Crippen LogP contribution in [0.1, 0.15) is 16.8 Å². The van der Waals surface area contributed by atoms with Gasteiger partial charge in [0.15, 0.2) is 0 Å². The number of carbonyl (C=O) groups is 1. The van der Waals surface area contributed by atoms with Gasteiger partial charge < -0.3 is 25.8 Å². The van der Waals surface area contributed by atoms with Crippen molar-refractivity contribution in [1.29, 1.82) is 0 Å². The van der Waals surface area contributed by atoms with E-state index in [-0.39, 0.29) is 19.1 Å². The Morgan fingerprint density at radius 3 is 2.90 bits per heavy atom. The third-order valence-electron chi connectivity index (χ3n) is 3.41. The normalized spacial score (nSPS) is 21.8. The Hall–Kier alpha value is -1.79. The van der Waals surface area contributed by atoms with Crippen LogP contribution in [0.3, 0.4) is 0 Å². The Bertz CT molecular complexity index is 496. The summed E-state index contributed by atoms with van der Waals surface area (Å²) >= 11 is 0. The van der Waals surface area contributed by atoms with Gasteiger partial charge in [0.25, 0.3) is 5.91 Å². The molecular formula is C14H21N3O3. The molecule has 2 rings (SSSR count). The van der Waals surface area contributed by atoms with Gasteiger partial charge in [0.05, 0.1) is 12.2 Å². The number of nitrogens with one attached hydrogen (secondary N) is 1. The Morgan fingerprint density at radius 2 is 2.30 bits per heavy atom. The van der Waals surface area contributed by atoms with E-state index in [1.54, 1.807) is 18.2 Å². The van der Waals surface area contributed by atoms with Crippen LogP contribution < -0.4 is 16.0 Å². The zero-order valence-electron chi connectivity index (χ0n) is 11.8. The fourth-order valence-corrected chi connectivity index (χ4v) is 2.20. The van der Waals surface area contributed by atoms with Crippen LogP contribution in [0.15, 0.2) is 18.2 Å². The van der Waals surface area contributed by atoms with Crippen LogP contribution in [0.4, 0.5) is 11.4 Å². The third kappa shape index (κ3) is 3.20. The number of rotatable bonds is 4. The Balaban J connectivity index is 2.10. The third-order valence-corrected chi connectivity index (χ3v) is 3.41. The maximum Gasteiger partial charge on any atom is 0.253 e. The highest BCUT2D eigenvalue weighted by Crippen LogP contribution is 2.22. The molecule has 1 fully saturated rings. The largest absolute Gasteiger partial charge is 0.399 e. The Labute approximate surface area is 118 Å². The molecule has 0 saturated carbocycles. The van der Waals surface area contributed by atoms with Gasteiger partial charge in [0, 0.05) is 45.0 Å². The number of carbonyl (C=O) groups excluding carboxylic acids is 1. The fraction of sp³-hybridized carbons (Fsp3) is 0.500. The molecule has 1 amide bonds. The van der Waals surface area contributed by atoms with Gasteiger partial charge in [-0.05, 0) is 18.2 Å². The molecule has 6 nitrogen and oxygen atoms in total. The summed E-state index contributed by atoms with van der Waals surface area (Å²) in [6.07, 6.45) is 0.532. The first-order valence-corrected chi connectivity index (χ1v) is 6.56. The van der Waals surface area contributed by atoms with Crippen molar-refractivity contribution in [1.82, 2.24) is 5.32 Å². The molecule has 0 bridgehead atoms. The number of hydrogen-bond donors (Lipinski definition) is 3. The van der Waals surface area contributed by atoms with Crippen LogP contribution in [0, 0.1) is 0 Å². The Kier molecular flexibility index (Phi) is 4.15. The first kappa shape index (κ1) is 14.6. The van der Waals surface area contributed by atoms with Crippen LogP contribution in [0.2, 0.25) is 0 Å². The first-order chi connectivity index (χ1) is 9.41. The standard InChI is InChI=1S/C14H21N3O3/c1-17(2)12-4-3-10(15)7-11(12)13(18)16-8-14(19)5-6-20-9-14/h3-4,7,19H,5-6,8-9,15H2,1-2H3,(H,16,18). The zero-order valence-corrected chi connectivity index (χ0v) is 11.8. The molecule has 1 aromatic rings. The molecule has 0 aromatic heterocycles. The summed E-state index contributed by atoms with van der Waals surface area (Å²) < 4.78 is 5.15. The molecule has 0 aliphatic carbocycles. The average molecular weight is 279 g/mol. The maximum atomic E-state index is 12.3. The number of nitrogens with two attached hydrogens (primary N) is 1. The molecule has 1 unspecified atom stereocenters. The van der Waals surface area contributed by atoms with Crippen molar-refractivity contribution in [2.75, 3.05) is 44.5 Å². The molecule has 1 saturated heterocycles. The second-order valence-electron chi connectivity index (χ2n) is 5.38. The van der Waals surface area contributed by atoms with E-state index in [4.69, 9.17) is 10.5 Å². The minimum absolute atomic E-state index is 0.174. The number of anilines is 2. The van der Waals surface area contributed by atoms with E-state index in [2.05, 4.69) is 5.32 Å². The second-order valence-corrected chi connectivity index (χ2v) is 5.38. The minimum Gasteiger partial charge on any atom is -0.399 e. The van der Waals surface area contributed by atoms with E-state index in [1.165, 1.54) is 0 Å². The van der Waals surface area contributed by atoms with Crippen LogP contribution in [-0.4, -0.2) is 50.5 Å². The lowest BCUT2D eigenvalue weighted by atomic mass is 10.0. The summed E-state index contributed by atoms with van der Waals surface area (Å²) in [4.78, 5) is 14.1. The minimum atomic E-state index is -0.964. The molecule has 0 spiro atoms. The quantitative estimate of drug-likeness (QED) is 0.686. The number of nitrogen functional groups attached to an aromatic ring is 1. The summed E-state index contributed by atoms with van der Waals surface area (Å²) in [6.45, 7) is 0.950. The number of hydrogen-bond acceptors (Lipinski definition) is 5. The van der Waals surface area contributed by atoms with Crippen molar-refractivity contribution in [3.63, 3.8) is 0 Å². The van der Waals surface area contributed by atoms with Crippen molar-refractivity contribution in [3.05, 3.63) is 23.8 Å². The smallest absolute Gasteiger partial charge is 0.253 e. The maximum absolute atomic E-state index is 12.3. The van der Waals surface area contributed by atoms with E-state index >= 15 is 0 Å². The number of benzene rings is 1. The SMILES string of the molecule is CN(C)c1ccc(N)cc1C(=O)NCC1(O)CCOC1. The fourth-order valence-electron chi connectivity index (χ4n) is 2.20. The lowest BCUT2D eigenvalue weighted by Gasteiger charge is -2.22. The predicted octanol–water partition coefficient (Wildman–Crippen LogP) is 0.216. The summed E-state index contributed by atoms with van der Waals surface area (Å²) in [5, 5.41) is 12.9. The second kappa shape index (κ2) is 5.68. The van der Waals surface area contributed by atoms with Crippen LogP contribution in [-0.2, 0) is 4.74 Å². The van der Waals surface area contributed by atoms with Crippen molar-refractivity contribution >= 4 is 17.3 Å². The highest BCUT2D eigenvalue weighted by molar-refractivity contribution is 6.00. The number of ether oxygens (including phenoxy) is 1. The number of nitrogens with zero attached hydrogens (tertiary/aromatic N) is 1. The topological polar surface area (TPSA) is 87.8 Å². The van der Waals surface area contributed by atoms with E-state index < -0.39 is 5.60 Å². The molecule has 6 heteroatoms. The lowest BCUT2D eigenvalue weighted by molar-refractivity contribution is 0.0265. The van der Waals surface area contributed by atoms with E-state index in [1.807, 2.05) is 19.0 Å². The highest BCUT2D eigenvalue weighted by atomic mass is 16.5. The van der Waals surface area contributed by atoms with Crippen LogP contribution in [0.25, 0.3) is 0 Å². The molecule has 110 valence electrons. The van der Waals surface area contributed by atoms with E-state index in [0.717, 1.165) is 5.69 Å². The predicted molar refractivity (Wildman–Crippen MR) is 77.9 cm³/mol. The Morgan fingerprint density at radius 1 is 1.55 bits per heavy atom. The summed E-state index contributed by atoms with van der Waals surface area (Å²) in [5.74, 6) is -0.249. The van der Waals surface area contributed by atoms with Crippen molar-refractivity contribution < 1.29 is 14.6 Å². The summed E-state index contributed by atoms with van der Waals surface area (Å²) in [6, 6.07) is 5.20. The number of aliphatic hydroxyl groups is 1. The molecule has 4 N–H and O–H groups in total. The van der Waals surface area contributed by atoms with Crippen molar-refractivity contribution in [2.24, 2.45) is 0 Å². The van der Waals surface area contributed by atoms with E-state index in [9.17, 15) is 9.90 Å². The van der Waals surface area contributed by atoms with E-state index in [0.29, 0.717) is 24.3 Å². The highest BCUT2D eigenvalue weighted by Gasteiger charge is 2.32. The molecular weight excluding hydrogens is 258 g/mol. The molecule has 20 heavy (non-hydrogen) atoms. The van der Waals surface area contributed by atoms with Gasteiger partial charge in [-0.2, -0.15) is 0 Å². The first-order valence-electron chi connectivity index (χ1n) is 6.56. The van der Waals surface area contributed by atoms with Crippen LogP contribution in [0.5, 0.6) is 0 Å². The number of amides is 1. The molecule has 1 heterocycles. The molecule has 1 aliphatic rings. The van der Waals surface area contributed by atoms with Gasteiger partial charge in [0.2, 0.25) is 0 Å². The molecule has 1 aliphatic heterocycles. The van der Waals surface area contributed by atoms with Gasteiger partial charge in [-0.1, -0.05) is 0 Å².